The summed E-state index contributed by atoms with van der Waals surface area (Å²) < 4.78 is 0. The van der Waals surface area contributed by atoms with Crippen LogP contribution in [0.25, 0.3) is 0 Å². The van der Waals surface area contributed by atoms with E-state index in [9.17, 15) is 4.79 Å². The number of halogens is 1. The summed E-state index contributed by atoms with van der Waals surface area (Å²) in [5.74, 6) is 0.220. The van der Waals surface area contributed by atoms with Crippen molar-refractivity contribution in [3.63, 3.8) is 0 Å². The van der Waals surface area contributed by atoms with Crippen molar-refractivity contribution in [2.75, 3.05) is 0 Å². The number of unbranched alkanes of at least 4 members (excludes halogenated alkanes) is 7. The first kappa shape index (κ1) is 17.2. The molecule has 0 aliphatic rings. The second-order valence-electron chi connectivity index (χ2n) is 5.61. The summed E-state index contributed by atoms with van der Waals surface area (Å²) in [6.45, 7) is 4.19. The Balaban J connectivity index is 2.15. The van der Waals surface area contributed by atoms with E-state index < -0.39 is 0 Å². The quantitative estimate of drug-likeness (QED) is 0.362. The number of aryl methyl sites for hydroxylation is 1. The van der Waals surface area contributed by atoms with Gasteiger partial charge in [-0.05, 0) is 25.0 Å². The van der Waals surface area contributed by atoms with Gasteiger partial charge in [0.25, 0.3) is 0 Å². The zero-order valence-electron chi connectivity index (χ0n) is 12.9. The first-order chi connectivity index (χ1) is 9.65. The minimum absolute atomic E-state index is 0.220. The van der Waals surface area contributed by atoms with E-state index in [1.54, 1.807) is 6.07 Å². The summed E-state index contributed by atoms with van der Waals surface area (Å²) in [4.78, 5) is 12.0. The van der Waals surface area contributed by atoms with Gasteiger partial charge in [-0.15, -0.1) is 0 Å². The number of benzene rings is 1. The van der Waals surface area contributed by atoms with E-state index in [-0.39, 0.29) is 5.78 Å². The lowest BCUT2D eigenvalue weighted by Gasteiger charge is -2.04. The molecule has 0 heterocycles. The van der Waals surface area contributed by atoms with Crippen molar-refractivity contribution < 1.29 is 4.79 Å². The normalized spacial score (nSPS) is 10.8. The monoisotopic (exact) mass is 294 g/mol. The van der Waals surface area contributed by atoms with E-state index in [1.165, 1.54) is 38.5 Å². The van der Waals surface area contributed by atoms with Crippen molar-refractivity contribution in [1.29, 1.82) is 0 Å². The highest BCUT2D eigenvalue weighted by Crippen LogP contribution is 2.18. The van der Waals surface area contributed by atoms with E-state index in [0.29, 0.717) is 11.4 Å². The van der Waals surface area contributed by atoms with Crippen LogP contribution in [0.4, 0.5) is 0 Å². The van der Waals surface area contributed by atoms with E-state index in [0.717, 1.165) is 24.0 Å². The van der Waals surface area contributed by atoms with Crippen molar-refractivity contribution >= 4 is 17.4 Å². The van der Waals surface area contributed by atoms with E-state index in [1.807, 2.05) is 19.1 Å². The number of ketones is 1. The standard InChI is InChI=1S/C18H27ClO/c1-3-4-5-6-7-8-9-10-11-18(20)16-13-12-15(2)17(19)14-16/h12-14H,3-11H2,1-2H3. The van der Waals surface area contributed by atoms with Gasteiger partial charge in [-0.1, -0.05) is 75.6 Å². The lowest BCUT2D eigenvalue weighted by atomic mass is 10.0. The van der Waals surface area contributed by atoms with Crippen LogP contribution in [0.1, 0.15) is 80.6 Å². The number of rotatable bonds is 10. The summed E-state index contributed by atoms with van der Waals surface area (Å²) in [6, 6.07) is 5.60. The fourth-order valence-corrected chi connectivity index (χ4v) is 2.51. The van der Waals surface area contributed by atoms with Crippen LogP contribution >= 0.6 is 11.6 Å². The smallest absolute Gasteiger partial charge is 0.162 e. The minimum Gasteiger partial charge on any atom is -0.294 e. The molecule has 0 aliphatic heterocycles. The Morgan fingerprint density at radius 2 is 1.60 bits per heavy atom. The molecule has 0 amide bonds. The van der Waals surface area contributed by atoms with E-state index in [2.05, 4.69) is 6.92 Å². The number of hydrogen-bond acceptors (Lipinski definition) is 1. The fraction of sp³-hybridized carbons (Fsp3) is 0.611. The maximum atomic E-state index is 12.0. The van der Waals surface area contributed by atoms with Crippen LogP contribution in [-0.4, -0.2) is 5.78 Å². The van der Waals surface area contributed by atoms with Crippen LogP contribution in [0, 0.1) is 6.92 Å². The van der Waals surface area contributed by atoms with Gasteiger partial charge < -0.3 is 0 Å². The SMILES string of the molecule is CCCCCCCCCCC(=O)c1ccc(C)c(Cl)c1. The van der Waals surface area contributed by atoms with Crippen molar-refractivity contribution in [3.8, 4) is 0 Å². The van der Waals surface area contributed by atoms with E-state index >= 15 is 0 Å². The lowest BCUT2D eigenvalue weighted by molar-refractivity contribution is 0.0979. The van der Waals surface area contributed by atoms with Gasteiger partial charge in [0.1, 0.15) is 0 Å². The third-order valence-corrected chi connectivity index (χ3v) is 4.16. The zero-order valence-corrected chi connectivity index (χ0v) is 13.6. The molecule has 0 atom stereocenters. The third kappa shape index (κ3) is 6.56. The summed E-state index contributed by atoms with van der Waals surface area (Å²) in [5.41, 5.74) is 1.78. The van der Waals surface area contributed by atoms with Gasteiger partial charge in [0.2, 0.25) is 0 Å². The highest BCUT2D eigenvalue weighted by molar-refractivity contribution is 6.31. The van der Waals surface area contributed by atoms with Crippen LogP contribution < -0.4 is 0 Å². The molecule has 0 aromatic heterocycles. The Hall–Kier alpha value is -0.820. The number of carbonyl (C=O) groups excluding carboxylic acids is 1. The molecule has 0 bridgehead atoms. The van der Waals surface area contributed by atoms with Crippen molar-refractivity contribution in [2.24, 2.45) is 0 Å². The van der Waals surface area contributed by atoms with Crippen LogP contribution in [0.5, 0.6) is 0 Å². The topological polar surface area (TPSA) is 17.1 Å². The molecule has 1 aromatic carbocycles. The molecule has 0 unspecified atom stereocenters. The fourth-order valence-electron chi connectivity index (χ4n) is 2.33. The molecule has 20 heavy (non-hydrogen) atoms. The van der Waals surface area contributed by atoms with Crippen LogP contribution in [0.15, 0.2) is 18.2 Å². The van der Waals surface area contributed by atoms with Crippen molar-refractivity contribution in [1.82, 2.24) is 0 Å². The van der Waals surface area contributed by atoms with Crippen LogP contribution in [0.3, 0.4) is 0 Å². The maximum absolute atomic E-state index is 12.0. The molecule has 0 saturated heterocycles. The molecule has 1 rings (SSSR count). The first-order valence-corrected chi connectivity index (χ1v) is 8.32. The van der Waals surface area contributed by atoms with Crippen molar-refractivity contribution in [2.45, 2.75) is 71.6 Å². The zero-order chi connectivity index (χ0) is 14.8. The van der Waals surface area contributed by atoms with Crippen molar-refractivity contribution in [3.05, 3.63) is 34.3 Å². The molecule has 1 aromatic rings. The van der Waals surface area contributed by atoms with Gasteiger partial charge in [0.05, 0.1) is 0 Å². The van der Waals surface area contributed by atoms with Gasteiger partial charge >= 0.3 is 0 Å². The molecule has 0 radical (unpaired) electrons. The molecule has 0 N–H and O–H groups in total. The Labute approximate surface area is 128 Å². The summed E-state index contributed by atoms with van der Waals surface area (Å²) in [6.07, 6.45) is 10.7. The Morgan fingerprint density at radius 1 is 1.00 bits per heavy atom. The molecule has 0 spiro atoms. The first-order valence-electron chi connectivity index (χ1n) is 7.94. The Bertz CT molecular complexity index is 412. The van der Waals surface area contributed by atoms with Gasteiger partial charge in [0, 0.05) is 17.0 Å². The summed E-state index contributed by atoms with van der Waals surface area (Å²) >= 11 is 6.05. The van der Waals surface area contributed by atoms with Gasteiger partial charge in [-0.25, -0.2) is 0 Å². The third-order valence-electron chi connectivity index (χ3n) is 3.75. The summed E-state index contributed by atoms with van der Waals surface area (Å²) in [7, 11) is 0. The molecule has 0 fully saturated rings. The maximum Gasteiger partial charge on any atom is 0.162 e. The number of Topliss-reactive ketones (excluding diaryl/α,β-unsaturated/α-hetero) is 1. The predicted octanol–water partition coefficient (Wildman–Crippen LogP) is 6.36. The highest BCUT2D eigenvalue weighted by atomic mass is 35.5. The number of carbonyl (C=O) groups is 1. The summed E-state index contributed by atoms with van der Waals surface area (Å²) in [5, 5.41) is 0.687. The Kier molecular flexibility index (Phi) is 8.60. The second kappa shape index (κ2) is 9.99. The minimum atomic E-state index is 0.220. The molecular formula is C18H27ClO. The van der Waals surface area contributed by atoms with Gasteiger partial charge in [0.15, 0.2) is 5.78 Å². The molecular weight excluding hydrogens is 268 g/mol. The highest BCUT2D eigenvalue weighted by Gasteiger charge is 2.07. The van der Waals surface area contributed by atoms with E-state index in [4.69, 9.17) is 11.6 Å². The van der Waals surface area contributed by atoms with Crippen LogP contribution in [0.2, 0.25) is 5.02 Å². The average molecular weight is 295 g/mol. The van der Waals surface area contributed by atoms with Crippen LogP contribution in [-0.2, 0) is 0 Å². The molecule has 112 valence electrons. The molecule has 2 heteroatoms. The average Bonchev–Trinajstić information content (AvgIpc) is 2.44. The molecule has 1 nitrogen and oxygen atoms in total. The number of hydrogen-bond donors (Lipinski definition) is 0. The van der Waals surface area contributed by atoms with Gasteiger partial charge in [-0.2, -0.15) is 0 Å². The largest absolute Gasteiger partial charge is 0.294 e. The lowest BCUT2D eigenvalue weighted by Crippen LogP contribution is -1.99. The second-order valence-corrected chi connectivity index (χ2v) is 6.02. The Morgan fingerprint density at radius 3 is 2.20 bits per heavy atom. The molecule has 0 saturated carbocycles. The predicted molar refractivity (Wildman–Crippen MR) is 87.7 cm³/mol. The van der Waals surface area contributed by atoms with Gasteiger partial charge in [-0.3, -0.25) is 4.79 Å². The molecule has 0 aliphatic carbocycles.